The number of fused-ring (bicyclic) bond motifs is 1. The SMILES string of the molecule is CCOc1cc(C2CC2)cc2c1nc(C(=O)N1CCN(C3CCC(O[Si](C)(C)C(C)(C)C)CC3)C(=O)C1)n2C. The van der Waals surface area contributed by atoms with Crippen molar-refractivity contribution in [2.75, 3.05) is 26.2 Å². The molecule has 2 aromatic rings. The van der Waals surface area contributed by atoms with E-state index in [4.69, 9.17) is 14.1 Å². The van der Waals surface area contributed by atoms with Gasteiger partial charge in [0.2, 0.25) is 5.91 Å². The average Bonchev–Trinajstić information content (AvgIpc) is 3.67. The van der Waals surface area contributed by atoms with E-state index in [0.29, 0.717) is 43.1 Å². The van der Waals surface area contributed by atoms with E-state index < -0.39 is 8.32 Å². The highest BCUT2D eigenvalue weighted by Crippen LogP contribution is 2.43. The summed E-state index contributed by atoms with van der Waals surface area (Å²) in [5.74, 6) is 1.52. The number of aromatic nitrogens is 2. The quantitative estimate of drug-likeness (QED) is 0.425. The number of piperazine rings is 1. The molecule has 2 saturated carbocycles. The van der Waals surface area contributed by atoms with Gasteiger partial charge in [-0.25, -0.2) is 4.98 Å². The zero-order chi connectivity index (χ0) is 28.1. The van der Waals surface area contributed by atoms with Gasteiger partial charge in [-0.2, -0.15) is 0 Å². The van der Waals surface area contributed by atoms with Crippen LogP contribution in [0, 0.1) is 0 Å². The molecule has 0 N–H and O–H groups in total. The molecule has 0 bridgehead atoms. The Morgan fingerprint density at radius 1 is 1.08 bits per heavy atom. The average molecular weight is 555 g/mol. The van der Waals surface area contributed by atoms with Crippen molar-refractivity contribution < 1.29 is 18.8 Å². The van der Waals surface area contributed by atoms with Crippen LogP contribution in [0.25, 0.3) is 11.0 Å². The lowest BCUT2D eigenvalue weighted by Gasteiger charge is -2.44. The fourth-order valence-corrected chi connectivity index (χ4v) is 7.26. The number of hydrogen-bond acceptors (Lipinski definition) is 5. The van der Waals surface area contributed by atoms with Gasteiger partial charge in [0, 0.05) is 32.3 Å². The number of imidazole rings is 1. The number of aryl methyl sites for hydroxylation is 1. The topological polar surface area (TPSA) is 76.9 Å². The number of benzene rings is 1. The van der Waals surface area contributed by atoms with Crippen LogP contribution >= 0.6 is 0 Å². The molecule has 9 heteroatoms. The predicted molar refractivity (Wildman–Crippen MR) is 156 cm³/mol. The smallest absolute Gasteiger partial charge is 0.290 e. The standard InChI is InChI=1S/C30H46N4O4Si/c1-8-37-25-18-21(20-9-10-20)17-24-27(25)31-28(32(24)5)29(36)33-15-16-34(26(35)19-33)22-11-13-23(14-12-22)38-39(6,7)30(2,3)4/h17-18,20,22-23H,8-16,19H2,1-7H3. The van der Waals surface area contributed by atoms with Gasteiger partial charge in [-0.15, -0.1) is 0 Å². The number of nitrogens with zero attached hydrogens (tertiary/aromatic N) is 4. The van der Waals surface area contributed by atoms with Crippen molar-refractivity contribution in [1.29, 1.82) is 0 Å². The lowest BCUT2D eigenvalue weighted by atomic mass is 9.91. The van der Waals surface area contributed by atoms with Crippen LogP contribution in [0.5, 0.6) is 5.75 Å². The van der Waals surface area contributed by atoms with Gasteiger partial charge in [0.25, 0.3) is 5.91 Å². The minimum Gasteiger partial charge on any atom is -0.492 e. The van der Waals surface area contributed by atoms with Crippen molar-refractivity contribution in [3.8, 4) is 5.75 Å². The highest BCUT2D eigenvalue weighted by molar-refractivity contribution is 6.74. The summed E-state index contributed by atoms with van der Waals surface area (Å²) in [6, 6.07) is 4.46. The van der Waals surface area contributed by atoms with Crippen LogP contribution in [0.15, 0.2) is 12.1 Å². The van der Waals surface area contributed by atoms with E-state index in [0.717, 1.165) is 36.9 Å². The van der Waals surface area contributed by atoms with E-state index >= 15 is 0 Å². The van der Waals surface area contributed by atoms with E-state index in [-0.39, 0.29) is 29.4 Å². The fourth-order valence-electron chi connectivity index (χ4n) is 5.84. The Labute approximate surface area is 234 Å². The largest absolute Gasteiger partial charge is 0.492 e. The first-order valence-electron chi connectivity index (χ1n) is 14.8. The number of ether oxygens (including phenoxy) is 1. The molecule has 0 spiro atoms. The molecule has 0 radical (unpaired) electrons. The van der Waals surface area contributed by atoms with Crippen molar-refractivity contribution in [3.05, 3.63) is 23.5 Å². The number of carbonyl (C=O) groups excluding carboxylic acids is 2. The Bertz CT molecular complexity index is 1240. The zero-order valence-electron chi connectivity index (χ0n) is 24.9. The van der Waals surface area contributed by atoms with Crippen molar-refractivity contribution in [2.45, 2.75) is 102 Å². The molecule has 3 fully saturated rings. The van der Waals surface area contributed by atoms with Crippen LogP contribution in [-0.2, 0) is 16.3 Å². The monoisotopic (exact) mass is 554 g/mol. The molecule has 0 unspecified atom stereocenters. The summed E-state index contributed by atoms with van der Waals surface area (Å²) in [7, 11) is 0.0929. The normalized spacial score (nSPS) is 23.0. The van der Waals surface area contributed by atoms with Gasteiger partial charge in [-0.1, -0.05) is 20.8 Å². The summed E-state index contributed by atoms with van der Waals surface area (Å²) in [6.07, 6.45) is 6.60. The van der Waals surface area contributed by atoms with Crippen LogP contribution in [0.4, 0.5) is 0 Å². The van der Waals surface area contributed by atoms with Crippen LogP contribution < -0.4 is 4.74 Å². The van der Waals surface area contributed by atoms with E-state index in [2.05, 4.69) is 46.0 Å². The molecule has 1 saturated heterocycles. The second-order valence-electron chi connectivity index (χ2n) is 13.2. The maximum Gasteiger partial charge on any atom is 0.290 e. The van der Waals surface area contributed by atoms with Gasteiger partial charge in [0.05, 0.1) is 12.1 Å². The second kappa shape index (κ2) is 10.5. The van der Waals surface area contributed by atoms with E-state index in [1.807, 2.05) is 23.4 Å². The van der Waals surface area contributed by atoms with Crippen LogP contribution in [0.2, 0.25) is 18.1 Å². The van der Waals surface area contributed by atoms with Crippen molar-refractivity contribution in [3.63, 3.8) is 0 Å². The van der Waals surface area contributed by atoms with Gasteiger partial charge < -0.3 is 23.5 Å². The molecule has 1 aromatic carbocycles. The van der Waals surface area contributed by atoms with Gasteiger partial charge >= 0.3 is 0 Å². The van der Waals surface area contributed by atoms with Gasteiger partial charge in [-0.05, 0) is 87.2 Å². The Morgan fingerprint density at radius 3 is 2.36 bits per heavy atom. The first-order valence-corrected chi connectivity index (χ1v) is 17.7. The Balaban J connectivity index is 1.23. The molecule has 1 aliphatic heterocycles. The molecule has 8 nitrogen and oxygen atoms in total. The number of rotatable bonds is 7. The molecule has 2 amide bonds. The number of amides is 2. The highest BCUT2D eigenvalue weighted by atomic mass is 28.4. The van der Waals surface area contributed by atoms with Crippen LogP contribution in [0.3, 0.4) is 0 Å². The summed E-state index contributed by atoms with van der Waals surface area (Å²) in [6.45, 7) is 15.2. The minimum absolute atomic E-state index is 0.0353. The zero-order valence-corrected chi connectivity index (χ0v) is 25.9. The van der Waals surface area contributed by atoms with E-state index in [1.165, 1.54) is 18.4 Å². The first kappa shape index (κ1) is 28.1. The Morgan fingerprint density at radius 2 is 1.77 bits per heavy atom. The molecular formula is C30H46N4O4Si. The van der Waals surface area contributed by atoms with Crippen molar-refractivity contribution >= 4 is 31.2 Å². The van der Waals surface area contributed by atoms with E-state index in [9.17, 15) is 9.59 Å². The summed E-state index contributed by atoms with van der Waals surface area (Å²) >= 11 is 0. The van der Waals surface area contributed by atoms with Gasteiger partial charge in [0.15, 0.2) is 14.1 Å². The predicted octanol–water partition coefficient (Wildman–Crippen LogP) is 5.47. The Hall–Kier alpha value is -2.39. The maximum absolute atomic E-state index is 13.6. The van der Waals surface area contributed by atoms with Crippen LogP contribution in [-0.4, -0.2) is 77.9 Å². The first-order chi connectivity index (χ1) is 18.4. The summed E-state index contributed by atoms with van der Waals surface area (Å²) in [4.78, 5) is 35.3. The number of carbonyl (C=O) groups is 2. The molecule has 0 atom stereocenters. The lowest BCUT2D eigenvalue weighted by molar-refractivity contribution is -0.138. The molecular weight excluding hydrogens is 508 g/mol. The highest BCUT2D eigenvalue weighted by Gasteiger charge is 2.41. The molecule has 1 aromatic heterocycles. The fraction of sp³-hybridized carbons (Fsp3) is 0.700. The summed E-state index contributed by atoms with van der Waals surface area (Å²) in [5.41, 5.74) is 2.88. The van der Waals surface area contributed by atoms with Crippen molar-refractivity contribution in [2.24, 2.45) is 7.05 Å². The molecule has 2 aliphatic carbocycles. The van der Waals surface area contributed by atoms with Crippen LogP contribution in [0.1, 0.15) is 88.3 Å². The van der Waals surface area contributed by atoms with E-state index in [1.54, 1.807) is 4.90 Å². The Kier molecular flexibility index (Phi) is 7.61. The molecule has 2 heterocycles. The van der Waals surface area contributed by atoms with Gasteiger partial charge in [0.1, 0.15) is 17.8 Å². The second-order valence-corrected chi connectivity index (χ2v) is 18.0. The third-order valence-corrected chi connectivity index (χ3v) is 13.9. The molecule has 3 aliphatic rings. The third kappa shape index (κ3) is 5.62. The molecule has 39 heavy (non-hydrogen) atoms. The summed E-state index contributed by atoms with van der Waals surface area (Å²) in [5, 5.41) is 0.200. The van der Waals surface area contributed by atoms with Gasteiger partial charge in [-0.3, -0.25) is 9.59 Å². The minimum atomic E-state index is -1.79. The number of hydrogen-bond donors (Lipinski definition) is 0. The molecule has 5 rings (SSSR count). The lowest BCUT2D eigenvalue weighted by Crippen LogP contribution is -2.56. The maximum atomic E-state index is 13.6. The van der Waals surface area contributed by atoms with Crippen molar-refractivity contribution in [1.82, 2.24) is 19.4 Å². The molecule has 214 valence electrons. The summed E-state index contributed by atoms with van der Waals surface area (Å²) < 4.78 is 14.4. The third-order valence-electron chi connectivity index (χ3n) is 9.41.